The van der Waals surface area contributed by atoms with E-state index in [4.69, 9.17) is 9.47 Å². The van der Waals surface area contributed by atoms with Crippen LogP contribution in [0.25, 0.3) is 11.1 Å². The Morgan fingerprint density at radius 1 is 1.13 bits per heavy atom. The van der Waals surface area contributed by atoms with Crippen LogP contribution in [-0.4, -0.2) is 40.2 Å². The maximum Gasteiger partial charge on any atom is 0.306 e. The molecule has 0 radical (unpaired) electrons. The number of carbonyl (C=O) groups is 1. The lowest BCUT2D eigenvalue weighted by Gasteiger charge is -2.30. The van der Waals surface area contributed by atoms with Crippen molar-refractivity contribution in [3.63, 3.8) is 0 Å². The van der Waals surface area contributed by atoms with Crippen molar-refractivity contribution >= 4 is 5.97 Å². The summed E-state index contributed by atoms with van der Waals surface area (Å²) in [5, 5.41) is 9.32. The largest absolute Gasteiger partial charge is 0.485 e. The molecule has 1 aromatic heterocycles. The molecular formula is C32H37FN2O4. The van der Waals surface area contributed by atoms with Crippen molar-refractivity contribution in [3.05, 3.63) is 76.7 Å². The zero-order valence-electron chi connectivity index (χ0n) is 23.1. The first-order chi connectivity index (χ1) is 18.7. The minimum Gasteiger partial charge on any atom is -0.485 e. The molecular weight excluding hydrogens is 495 g/mol. The van der Waals surface area contributed by atoms with Crippen LogP contribution >= 0.6 is 0 Å². The number of hydrogen-bond donors (Lipinski definition) is 1. The lowest BCUT2D eigenvalue weighted by molar-refractivity contribution is -0.141. The van der Waals surface area contributed by atoms with E-state index in [9.17, 15) is 9.90 Å². The number of hydrogen-bond acceptors (Lipinski definition) is 5. The number of aromatic nitrogens is 1. The molecule has 5 rings (SSSR count). The van der Waals surface area contributed by atoms with Crippen molar-refractivity contribution in [2.24, 2.45) is 5.92 Å². The van der Waals surface area contributed by atoms with Crippen LogP contribution < -0.4 is 9.47 Å². The van der Waals surface area contributed by atoms with Gasteiger partial charge in [0.25, 0.3) is 0 Å². The van der Waals surface area contributed by atoms with E-state index in [0.717, 1.165) is 65.8 Å². The van der Waals surface area contributed by atoms with Crippen molar-refractivity contribution in [1.82, 2.24) is 9.88 Å². The maximum absolute atomic E-state index is 15.0. The Labute approximate surface area is 229 Å². The lowest BCUT2D eigenvalue weighted by Crippen LogP contribution is -2.32. The Kier molecular flexibility index (Phi) is 7.89. The number of methoxy groups -OCH3 is 1. The summed E-state index contributed by atoms with van der Waals surface area (Å²) in [6.45, 7) is 6.95. The van der Waals surface area contributed by atoms with Crippen LogP contribution in [-0.2, 0) is 24.2 Å². The van der Waals surface area contributed by atoms with Crippen LogP contribution in [0.5, 0.6) is 11.6 Å². The Morgan fingerprint density at radius 2 is 1.90 bits per heavy atom. The molecule has 3 aromatic rings. The van der Waals surface area contributed by atoms with E-state index < -0.39 is 11.9 Å². The zero-order chi connectivity index (χ0) is 27.7. The Balaban J connectivity index is 1.48. The second-order valence-electron chi connectivity index (χ2n) is 11.1. The number of aryl methyl sites for hydroxylation is 1. The summed E-state index contributed by atoms with van der Waals surface area (Å²) < 4.78 is 26.8. The maximum atomic E-state index is 15.0. The van der Waals surface area contributed by atoms with Crippen LogP contribution in [0.1, 0.15) is 68.4 Å². The summed E-state index contributed by atoms with van der Waals surface area (Å²) in [6.07, 6.45) is 5.56. The number of pyridine rings is 1. The number of likely N-dealkylation sites (tertiary alicyclic amines) is 1. The fourth-order valence-electron chi connectivity index (χ4n) is 5.92. The normalized spacial score (nSPS) is 21.7. The molecule has 0 aliphatic carbocycles. The number of rotatable bonds is 8. The van der Waals surface area contributed by atoms with Crippen LogP contribution in [0, 0.1) is 11.7 Å². The summed E-state index contributed by atoms with van der Waals surface area (Å²) in [5.41, 5.74) is 5.53. The van der Waals surface area contributed by atoms with Gasteiger partial charge in [0.2, 0.25) is 5.88 Å². The lowest BCUT2D eigenvalue weighted by atomic mass is 9.91. The number of nitrogens with zero attached hydrogens (tertiary/aromatic N) is 2. The number of carboxylic acids is 1. The Morgan fingerprint density at radius 3 is 2.62 bits per heavy atom. The summed E-state index contributed by atoms with van der Waals surface area (Å²) >= 11 is 0. The first-order valence-corrected chi connectivity index (χ1v) is 13.8. The van der Waals surface area contributed by atoms with E-state index in [1.54, 1.807) is 13.0 Å². The third-order valence-corrected chi connectivity index (χ3v) is 8.36. The van der Waals surface area contributed by atoms with Gasteiger partial charge in [-0.3, -0.25) is 9.69 Å². The number of ether oxygens (including phenoxy) is 2. The average Bonchev–Trinajstić information content (AvgIpc) is 3.25. The van der Waals surface area contributed by atoms with E-state index in [1.807, 2.05) is 24.3 Å². The first-order valence-electron chi connectivity index (χ1n) is 13.8. The molecule has 6 nitrogen and oxygen atoms in total. The van der Waals surface area contributed by atoms with E-state index in [1.165, 1.54) is 13.3 Å². The van der Waals surface area contributed by atoms with Gasteiger partial charge in [-0.25, -0.2) is 9.37 Å². The molecule has 4 atom stereocenters. The van der Waals surface area contributed by atoms with Gasteiger partial charge in [0.1, 0.15) is 17.7 Å². The van der Waals surface area contributed by atoms with Crippen LogP contribution in [0.15, 0.2) is 48.7 Å². The predicted molar refractivity (Wildman–Crippen MR) is 149 cm³/mol. The van der Waals surface area contributed by atoms with Gasteiger partial charge in [-0.05, 0) is 79.8 Å². The molecule has 1 fully saturated rings. The predicted octanol–water partition coefficient (Wildman–Crippen LogP) is 6.60. The van der Waals surface area contributed by atoms with Gasteiger partial charge in [-0.1, -0.05) is 37.3 Å². The summed E-state index contributed by atoms with van der Waals surface area (Å²) in [4.78, 5) is 17.9. The van der Waals surface area contributed by atoms with Crippen LogP contribution in [0.2, 0.25) is 0 Å². The van der Waals surface area contributed by atoms with E-state index in [-0.39, 0.29) is 11.9 Å². The minimum atomic E-state index is -0.802. The highest BCUT2D eigenvalue weighted by molar-refractivity contribution is 5.70. The summed E-state index contributed by atoms with van der Waals surface area (Å²) in [6, 6.07) is 14.8. The van der Waals surface area contributed by atoms with Crippen molar-refractivity contribution in [3.8, 4) is 22.8 Å². The van der Waals surface area contributed by atoms with Crippen LogP contribution in [0.3, 0.4) is 0 Å². The highest BCUT2D eigenvalue weighted by Gasteiger charge is 2.29. The highest BCUT2D eigenvalue weighted by Crippen LogP contribution is 2.39. The van der Waals surface area contributed by atoms with E-state index >= 15 is 4.39 Å². The quantitative estimate of drug-likeness (QED) is 0.353. The van der Waals surface area contributed by atoms with E-state index in [0.29, 0.717) is 29.9 Å². The van der Waals surface area contributed by atoms with E-state index in [2.05, 4.69) is 35.9 Å². The van der Waals surface area contributed by atoms with Crippen LogP contribution in [0.4, 0.5) is 4.39 Å². The fourth-order valence-corrected chi connectivity index (χ4v) is 5.92. The van der Waals surface area contributed by atoms with Crippen molar-refractivity contribution in [2.45, 2.75) is 77.6 Å². The molecule has 206 valence electrons. The van der Waals surface area contributed by atoms with Crippen molar-refractivity contribution in [2.75, 3.05) is 7.11 Å². The average molecular weight is 533 g/mol. The van der Waals surface area contributed by atoms with Gasteiger partial charge >= 0.3 is 5.97 Å². The molecule has 0 amide bonds. The molecule has 0 bridgehead atoms. The summed E-state index contributed by atoms with van der Waals surface area (Å²) in [5.74, 6) is -0.439. The second kappa shape index (κ2) is 11.3. The first kappa shape index (κ1) is 27.1. The molecule has 39 heavy (non-hydrogen) atoms. The zero-order valence-corrected chi connectivity index (χ0v) is 23.1. The van der Waals surface area contributed by atoms with Crippen molar-refractivity contribution in [1.29, 1.82) is 0 Å². The topological polar surface area (TPSA) is 71.9 Å². The molecule has 1 N–H and O–H groups in total. The number of halogens is 1. The third kappa shape index (κ3) is 5.78. The fraction of sp³-hybridized carbons (Fsp3) is 0.438. The monoisotopic (exact) mass is 532 g/mol. The summed E-state index contributed by atoms with van der Waals surface area (Å²) in [7, 11) is 1.54. The smallest absolute Gasteiger partial charge is 0.306 e. The molecule has 7 heteroatoms. The number of benzene rings is 2. The Bertz CT molecular complexity index is 1350. The Hall–Kier alpha value is -3.45. The molecule has 0 saturated carbocycles. The van der Waals surface area contributed by atoms with Crippen molar-refractivity contribution < 1.29 is 23.8 Å². The molecule has 1 saturated heterocycles. The van der Waals surface area contributed by atoms with Gasteiger partial charge < -0.3 is 14.6 Å². The molecule has 3 heterocycles. The molecule has 2 aliphatic rings. The molecule has 2 aliphatic heterocycles. The standard InChI is InChI=1S/C32H37FN2O4/c1-19(32(36)37)13-22-7-8-23-10-12-29(39-30(23)14-22)24-9-11-26(27-16-31(38-4)34-17-28(27)33)25(15-24)18-35-20(2)5-6-21(35)3/h7-9,11,14-17,19-21,29H,5-6,10,12-13,18H2,1-4H3,(H,36,37)/t19-,20?,21?,29-/m0/s1. The second-order valence-corrected chi connectivity index (χ2v) is 11.1. The molecule has 2 unspecified atom stereocenters. The third-order valence-electron chi connectivity index (χ3n) is 8.36. The van der Waals surface area contributed by atoms with Gasteiger partial charge in [-0.2, -0.15) is 0 Å². The minimum absolute atomic E-state index is 0.136. The number of fused-ring (bicyclic) bond motifs is 1. The highest BCUT2D eigenvalue weighted by atomic mass is 19.1. The number of aliphatic carboxylic acids is 1. The van der Waals surface area contributed by atoms with Gasteiger partial charge in [0.15, 0.2) is 0 Å². The van der Waals surface area contributed by atoms with Gasteiger partial charge in [-0.15, -0.1) is 0 Å². The number of carboxylic acid groups (broad SMARTS) is 1. The van der Waals surface area contributed by atoms with Gasteiger partial charge in [0, 0.05) is 30.3 Å². The van der Waals surface area contributed by atoms with Gasteiger partial charge in [0.05, 0.1) is 19.2 Å². The SMILES string of the molecule is COc1cc(-c2ccc([C@@H]3CCc4ccc(C[C@H](C)C(=O)O)cc4O3)cc2CN2C(C)CCC2C)c(F)cn1. The molecule has 2 aromatic carbocycles. The molecule has 0 spiro atoms.